The van der Waals surface area contributed by atoms with E-state index >= 15 is 0 Å². The third kappa shape index (κ3) is 4.20. The topological polar surface area (TPSA) is 67.4 Å². The molecule has 0 heterocycles. The van der Waals surface area contributed by atoms with Crippen molar-refractivity contribution in [2.45, 2.75) is 13.8 Å². The van der Waals surface area contributed by atoms with Crippen molar-refractivity contribution in [2.75, 3.05) is 17.7 Å². The first-order chi connectivity index (χ1) is 13.5. The second-order valence-electron chi connectivity index (χ2n) is 6.46. The minimum absolute atomic E-state index is 0.176. The summed E-state index contributed by atoms with van der Waals surface area (Å²) >= 11 is 0. The minimum Gasteiger partial charge on any atom is -0.496 e. The van der Waals surface area contributed by atoms with E-state index in [1.165, 1.54) is 0 Å². The Morgan fingerprint density at radius 1 is 0.786 bits per heavy atom. The molecule has 0 spiro atoms. The van der Waals surface area contributed by atoms with Crippen LogP contribution in [0, 0.1) is 13.8 Å². The maximum Gasteiger partial charge on any atom is 0.259 e. The van der Waals surface area contributed by atoms with Crippen LogP contribution in [0.2, 0.25) is 0 Å². The van der Waals surface area contributed by atoms with Crippen molar-refractivity contribution in [1.29, 1.82) is 0 Å². The Kier molecular flexibility index (Phi) is 5.75. The fourth-order valence-corrected chi connectivity index (χ4v) is 2.97. The predicted octanol–water partition coefficient (Wildman–Crippen LogP) is 4.82. The van der Waals surface area contributed by atoms with Gasteiger partial charge in [-0.2, -0.15) is 0 Å². The van der Waals surface area contributed by atoms with Gasteiger partial charge in [0, 0.05) is 16.9 Å². The van der Waals surface area contributed by atoms with Crippen LogP contribution in [0.4, 0.5) is 11.4 Å². The second kappa shape index (κ2) is 8.39. The van der Waals surface area contributed by atoms with Crippen molar-refractivity contribution in [3.8, 4) is 5.75 Å². The lowest BCUT2D eigenvalue weighted by molar-refractivity contribution is 0.101. The monoisotopic (exact) mass is 374 g/mol. The van der Waals surface area contributed by atoms with Gasteiger partial charge >= 0.3 is 0 Å². The molecule has 0 aliphatic carbocycles. The average molecular weight is 374 g/mol. The Balaban J connectivity index is 1.75. The lowest BCUT2D eigenvalue weighted by atomic mass is 10.1. The maximum absolute atomic E-state index is 12.6. The molecule has 3 aromatic carbocycles. The highest BCUT2D eigenvalue weighted by atomic mass is 16.5. The molecule has 0 fully saturated rings. The molecule has 0 saturated carbocycles. The van der Waals surface area contributed by atoms with Gasteiger partial charge in [0.2, 0.25) is 0 Å². The van der Waals surface area contributed by atoms with Gasteiger partial charge in [0.25, 0.3) is 11.8 Å². The summed E-state index contributed by atoms with van der Waals surface area (Å²) in [6.45, 7) is 3.77. The highest BCUT2D eigenvalue weighted by molar-refractivity contribution is 6.07. The molecule has 0 aliphatic heterocycles. The number of amides is 2. The molecule has 142 valence electrons. The summed E-state index contributed by atoms with van der Waals surface area (Å²) in [6.07, 6.45) is 0. The van der Waals surface area contributed by atoms with Gasteiger partial charge in [0.1, 0.15) is 5.75 Å². The maximum atomic E-state index is 12.6. The summed E-state index contributed by atoms with van der Waals surface area (Å²) < 4.78 is 5.36. The SMILES string of the molecule is COc1c(C)cccc1C(=O)Nc1ccc(NC(=O)c2ccccc2)c(C)c1. The molecule has 0 saturated heterocycles. The number of aryl methyl sites for hydroxylation is 2. The van der Waals surface area contributed by atoms with Crippen LogP contribution in [0.25, 0.3) is 0 Å². The molecular formula is C23H22N2O3. The van der Waals surface area contributed by atoms with E-state index in [-0.39, 0.29) is 11.8 Å². The average Bonchev–Trinajstić information content (AvgIpc) is 2.70. The number of anilines is 2. The molecular weight excluding hydrogens is 352 g/mol. The van der Waals surface area contributed by atoms with Gasteiger partial charge < -0.3 is 15.4 Å². The Morgan fingerprint density at radius 3 is 2.21 bits per heavy atom. The Bertz CT molecular complexity index is 1010. The molecule has 0 radical (unpaired) electrons. The van der Waals surface area contributed by atoms with Crippen LogP contribution >= 0.6 is 0 Å². The third-order valence-corrected chi connectivity index (χ3v) is 4.43. The van der Waals surface area contributed by atoms with Crippen LogP contribution < -0.4 is 15.4 Å². The Labute approximate surface area is 164 Å². The van der Waals surface area contributed by atoms with Gasteiger partial charge in [-0.25, -0.2) is 0 Å². The molecule has 5 nitrogen and oxygen atoms in total. The highest BCUT2D eigenvalue weighted by Gasteiger charge is 2.15. The zero-order valence-electron chi connectivity index (χ0n) is 16.1. The summed E-state index contributed by atoms with van der Waals surface area (Å²) in [5.41, 5.74) is 4.14. The van der Waals surface area contributed by atoms with Crippen molar-refractivity contribution in [1.82, 2.24) is 0 Å². The van der Waals surface area contributed by atoms with Gasteiger partial charge in [-0.1, -0.05) is 30.3 Å². The van der Waals surface area contributed by atoms with Crippen molar-refractivity contribution in [3.05, 3.63) is 89.0 Å². The molecule has 0 aromatic heterocycles. The zero-order valence-corrected chi connectivity index (χ0v) is 16.1. The lowest BCUT2D eigenvalue weighted by Crippen LogP contribution is -2.15. The standard InChI is InChI=1S/C23H22N2O3/c1-15-8-7-11-19(21(15)28-3)23(27)24-18-12-13-20(16(2)14-18)25-22(26)17-9-5-4-6-10-17/h4-14H,1-3H3,(H,24,27)(H,25,26). The molecule has 28 heavy (non-hydrogen) atoms. The Hall–Kier alpha value is -3.60. The highest BCUT2D eigenvalue weighted by Crippen LogP contribution is 2.25. The number of nitrogens with one attached hydrogen (secondary N) is 2. The van der Waals surface area contributed by atoms with E-state index in [0.29, 0.717) is 28.3 Å². The fraction of sp³-hybridized carbons (Fsp3) is 0.130. The summed E-state index contributed by atoms with van der Waals surface area (Å²) in [6, 6.07) is 19.8. The van der Waals surface area contributed by atoms with E-state index in [1.807, 2.05) is 50.2 Å². The molecule has 5 heteroatoms. The summed E-state index contributed by atoms with van der Waals surface area (Å²) in [7, 11) is 1.55. The number of carbonyl (C=O) groups excluding carboxylic acids is 2. The minimum atomic E-state index is -0.249. The molecule has 2 N–H and O–H groups in total. The van der Waals surface area contributed by atoms with Gasteiger partial charge in [-0.3, -0.25) is 9.59 Å². The van der Waals surface area contributed by atoms with Crippen LogP contribution in [0.3, 0.4) is 0 Å². The molecule has 0 aliphatic rings. The number of hydrogen-bond donors (Lipinski definition) is 2. The smallest absolute Gasteiger partial charge is 0.259 e. The summed E-state index contributed by atoms with van der Waals surface area (Å²) in [5.74, 6) is 0.134. The summed E-state index contributed by atoms with van der Waals surface area (Å²) in [5, 5.41) is 5.77. The van der Waals surface area contributed by atoms with E-state index in [1.54, 1.807) is 37.4 Å². The zero-order chi connectivity index (χ0) is 20.1. The quantitative estimate of drug-likeness (QED) is 0.673. The number of para-hydroxylation sites is 1. The van der Waals surface area contributed by atoms with Crippen LogP contribution in [-0.2, 0) is 0 Å². The largest absolute Gasteiger partial charge is 0.496 e. The third-order valence-electron chi connectivity index (χ3n) is 4.43. The van der Waals surface area contributed by atoms with Crippen molar-refractivity contribution < 1.29 is 14.3 Å². The lowest BCUT2D eigenvalue weighted by Gasteiger charge is -2.13. The first kappa shape index (κ1) is 19.2. The van der Waals surface area contributed by atoms with E-state index in [9.17, 15) is 9.59 Å². The van der Waals surface area contributed by atoms with Crippen molar-refractivity contribution >= 4 is 23.2 Å². The first-order valence-electron chi connectivity index (χ1n) is 8.91. The van der Waals surface area contributed by atoms with E-state index in [2.05, 4.69) is 10.6 Å². The fourth-order valence-electron chi connectivity index (χ4n) is 2.97. The van der Waals surface area contributed by atoms with E-state index in [4.69, 9.17) is 4.74 Å². The molecule has 3 aromatic rings. The van der Waals surface area contributed by atoms with Gasteiger partial charge in [0.05, 0.1) is 12.7 Å². The van der Waals surface area contributed by atoms with Crippen LogP contribution in [0.1, 0.15) is 31.8 Å². The van der Waals surface area contributed by atoms with Gasteiger partial charge in [0.15, 0.2) is 0 Å². The molecule has 3 rings (SSSR count). The van der Waals surface area contributed by atoms with Gasteiger partial charge in [-0.05, 0) is 61.4 Å². The van der Waals surface area contributed by atoms with Crippen LogP contribution in [-0.4, -0.2) is 18.9 Å². The predicted molar refractivity (Wildman–Crippen MR) is 111 cm³/mol. The van der Waals surface area contributed by atoms with Crippen molar-refractivity contribution in [3.63, 3.8) is 0 Å². The number of carbonyl (C=O) groups is 2. The second-order valence-corrected chi connectivity index (χ2v) is 6.46. The first-order valence-corrected chi connectivity index (χ1v) is 8.91. The number of methoxy groups -OCH3 is 1. The van der Waals surface area contributed by atoms with Crippen LogP contribution in [0.15, 0.2) is 66.7 Å². The van der Waals surface area contributed by atoms with E-state index in [0.717, 1.165) is 11.1 Å². The Morgan fingerprint density at radius 2 is 1.54 bits per heavy atom. The molecule has 0 bridgehead atoms. The molecule has 0 atom stereocenters. The van der Waals surface area contributed by atoms with E-state index < -0.39 is 0 Å². The van der Waals surface area contributed by atoms with Crippen molar-refractivity contribution in [2.24, 2.45) is 0 Å². The van der Waals surface area contributed by atoms with Crippen LogP contribution in [0.5, 0.6) is 5.75 Å². The summed E-state index contributed by atoms with van der Waals surface area (Å²) in [4.78, 5) is 25.0. The normalized spacial score (nSPS) is 10.2. The number of benzene rings is 3. The van der Waals surface area contributed by atoms with Gasteiger partial charge in [-0.15, -0.1) is 0 Å². The molecule has 2 amide bonds. The number of rotatable bonds is 5. The molecule has 0 unspecified atom stereocenters. The number of ether oxygens (including phenoxy) is 1. The number of hydrogen-bond acceptors (Lipinski definition) is 3.